The van der Waals surface area contributed by atoms with Gasteiger partial charge in [0.2, 0.25) is 11.9 Å². The van der Waals surface area contributed by atoms with Crippen molar-refractivity contribution in [2.75, 3.05) is 19.6 Å². The smallest absolute Gasteiger partial charge is 0.437 e. The molecule has 11 heteroatoms. The van der Waals surface area contributed by atoms with Crippen LogP contribution in [-0.4, -0.2) is 82.5 Å². The molecule has 2 aromatic rings. The Labute approximate surface area is 290 Å². The van der Waals surface area contributed by atoms with Gasteiger partial charge < -0.3 is 20.5 Å². The molecule has 3 aliphatic heterocycles. The second-order valence-corrected chi connectivity index (χ2v) is 16.2. The van der Waals surface area contributed by atoms with Crippen molar-refractivity contribution in [1.82, 2.24) is 15.1 Å². The van der Waals surface area contributed by atoms with Gasteiger partial charge in [0.1, 0.15) is 16.7 Å². The fourth-order valence-corrected chi connectivity index (χ4v) is 7.87. The van der Waals surface area contributed by atoms with Gasteiger partial charge in [-0.05, 0) is 89.0 Å². The van der Waals surface area contributed by atoms with Gasteiger partial charge in [0.25, 0.3) is 0 Å². The van der Waals surface area contributed by atoms with Crippen LogP contribution in [0.1, 0.15) is 80.2 Å². The van der Waals surface area contributed by atoms with Gasteiger partial charge in [0.05, 0.1) is 0 Å². The molecule has 1 aliphatic carbocycles. The van der Waals surface area contributed by atoms with Crippen LogP contribution in [0.5, 0.6) is 0 Å². The summed E-state index contributed by atoms with van der Waals surface area (Å²) in [5.41, 5.74) is 4.96. The van der Waals surface area contributed by atoms with E-state index in [2.05, 4.69) is 53.3 Å². The Morgan fingerprint density at radius 1 is 1.06 bits per heavy atom. The predicted octanol–water partition coefficient (Wildman–Crippen LogP) is 6.14. The topological polar surface area (TPSA) is 139 Å². The molecular formula is C38H54N6O5. The Morgan fingerprint density at radius 2 is 1.76 bits per heavy atom. The molecule has 49 heavy (non-hydrogen) atoms. The van der Waals surface area contributed by atoms with E-state index in [4.69, 9.17) is 20.2 Å². The zero-order valence-corrected chi connectivity index (χ0v) is 30.4. The van der Waals surface area contributed by atoms with E-state index < -0.39 is 28.9 Å². The van der Waals surface area contributed by atoms with E-state index in [9.17, 15) is 14.4 Å². The summed E-state index contributed by atoms with van der Waals surface area (Å²) >= 11 is 0. The molecule has 5 unspecified atom stereocenters. The number of carbonyl (C=O) groups excluding carboxylic acids is 3. The molecule has 3 heterocycles. The fourth-order valence-electron chi connectivity index (χ4n) is 7.87. The number of nitrogens with two attached hydrogens (primary N) is 1. The number of nitrogens with one attached hydrogen (secondary N) is 1. The highest BCUT2D eigenvalue weighted by atomic mass is 16.6. The first-order valence-corrected chi connectivity index (χ1v) is 17.6. The Hall–Kier alpha value is -3.99. The van der Waals surface area contributed by atoms with Crippen LogP contribution in [0.4, 0.5) is 9.59 Å². The lowest BCUT2D eigenvalue weighted by Gasteiger charge is -2.51. The second kappa shape index (κ2) is 14.1. The van der Waals surface area contributed by atoms with Crippen molar-refractivity contribution < 1.29 is 23.9 Å². The molecule has 4 aliphatic rings. The number of aliphatic imine (C=N–C) groups is 2. The minimum absolute atomic E-state index is 0.000405. The van der Waals surface area contributed by atoms with Crippen LogP contribution in [-0.2, 0) is 20.8 Å². The van der Waals surface area contributed by atoms with Crippen LogP contribution < -0.4 is 11.1 Å². The number of likely N-dealkylation sites (tertiary alicyclic amines) is 1. The molecule has 2 fully saturated rings. The predicted molar refractivity (Wildman–Crippen MR) is 192 cm³/mol. The molecule has 266 valence electrons. The van der Waals surface area contributed by atoms with Crippen molar-refractivity contribution in [2.45, 2.75) is 104 Å². The molecule has 4 bridgehead atoms. The number of ether oxygens (including phenoxy) is 2. The van der Waals surface area contributed by atoms with E-state index in [1.165, 1.54) is 4.90 Å². The normalized spacial score (nSPS) is 25.1. The van der Waals surface area contributed by atoms with E-state index in [0.29, 0.717) is 31.3 Å². The molecular weight excluding hydrogens is 620 g/mol. The van der Waals surface area contributed by atoms with Crippen molar-refractivity contribution in [3.05, 3.63) is 48.0 Å². The first-order chi connectivity index (χ1) is 23.0. The highest BCUT2D eigenvalue weighted by molar-refractivity contribution is 5.98. The number of nitrogens with zero attached hydrogens (tertiary/aromatic N) is 4. The lowest BCUT2D eigenvalue weighted by Crippen LogP contribution is -2.63. The largest absolute Gasteiger partial charge is 0.443 e. The number of guanidine groups is 1. The Morgan fingerprint density at radius 3 is 2.45 bits per heavy atom. The third-order valence-electron chi connectivity index (χ3n) is 9.66. The van der Waals surface area contributed by atoms with Crippen LogP contribution >= 0.6 is 0 Å². The summed E-state index contributed by atoms with van der Waals surface area (Å²) in [5.74, 6) is 0.755. The van der Waals surface area contributed by atoms with Crippen molar-refractivity contribution in [2.24, 2.45) is 39.4 Å². The molecule has 3 N–H and O–H groups in total. The van der Waals surface area contributed by atoms with Gasteiger partial charge in [-0.2, -0.15) is 0 Å². The maximum absolute atomic E-state index is 14.3. The van der Waals surface area contributed by atoms with Crippen LogP contribution in [0.3, 0.4) is 0 Å². The monoisotopic (exact) mass is 674 g/mol. The molecule has 0 spiro atoms. The number of hydrogen-bond acceptors (Lipinski definition) is 7. The summed E-state index contributed by atoms with van der Waals surface area (Å²) in [6, 6.07) is 14.6. The average molecular weight is 675 g/mol. The maximum Gasteiger partial charge on any atom is 0.437 e. The molecule has 0 aromatic heterocycles. The lowest BCUT2D eigenvalue weighted by molar-refractivity contribution is -0.132. The number of fused-ring (bicyclic) bond motifs is 1. The van der Waals surface area contributed by atoms with E-state index >= 15 is 0 Å². The fraction of sp³-hybridized carbons (Fsp3) is 0.605. The molecule has 5 atom stereocenters. The molecule has 1 saturated carbocycles. The molecule has 0 radical (unpaired) electrons. The maximum atomic E-state index is 14.3. The van der Waals surface area contributed by atoms with Crippen LogP contribution in [0.2, 0.25) is 0 Å². The zero-order chi connectivity index (χ0) is 35.7. The van der Waals surface area contributed by atoms with Crippen LogP contribution in [0.25, 0.3) is 10.8 Å². The summed E-state index contributed by atoms with van der Waals surface area (Å²) < 4.78 is 10.9. The first kappa shape index (κ1) is 36.3. The Balaban J connectivity index is 1.31. The summed E-state index contributed by atoms with van der Waals surface area (Å²) in [7, 11) is 0. The summed E-state index contributed by atoms with van der Waals surface area (Å²) in [5, 5.41) is 5.59. The van der Waals surface area contributed by atoms with E-state index in [-0.39, 0.29) is 36.3 Å². The van der Waals surface area contributed by atoms with Gasteiger partial charge in [0, 0.05) is 50.3 Å². The minimum atomic E-state index is -0.872. The van der Waals surface area contributed by atoms with Crippen molar-refractivity contribution in [3.8, 4) is 0 Å². The first-order valence-electron chi connectivity index (χ1n) is 17.6. The average Bonchev–Trinajstić information content (AvgIpc) is 3.30. The quantitative estimate of drug-likeness (QED) is 0.241. The molecule has 11 nitrogen and oxygen atoms in total. The van der Waals surface area contributed by atoms with Gasteiger partial charge in [0.15, 0.2) is 0 Å². The van der Waals surface area contributed by atoms with Gasteiger partial charge in [-0.25, -0.2) is 14.5 Å². The summed E-state index contributed by atoms with van der Waals surface area (Å²) in [6.45, 7) is 17.1. The summed E-state index contributed by atoms with van der Waals surface area (Å²) in [4.78, 5) is 52.5. The second-order valence-electron chi connectivity index (χ2n) is 16.2. The Kier molecular flexibility index (Phi) is 10.4. The van der Waals surface area contributed by atoms with Crippen LogP contribution in [0, 0.1) is 23.7 Å². The summed E-state index contributed by atoms with van der Waals surface area (Å²) in [6.07, 6.45) is 2.66. The minimum Gasteiger partial charge on any atom is -0.443 e. The number of amides is 3. The molecule has 2 aromatic carbocycles. The molecule has 6 rings (SSSR count). The Bertz CT molecular complexity index is 1600. The highest BCUT2D eigenvalue weighted by Crippen LogP contribution is 2.54. The van der Waals surface area contributed by atoms with Crippen molar-refractivity contribution in [3.63, 3.8) is 0 Å². The number of rotatable bonds is 9. The van der Waals surface area contributed by atoms with Crippen molar-refractivity contribution >= 4 is 41.0 Å². The molecule has 1 saturated heterocycles. The standard InChI is InChI=1S/C38H54N6O5/c1-24(2)19-30-31-29-22-41-38(30,32(45)40-21-26-15-11-14-25-13-9-10-16-28(25)26)20-27(29)23-43(31)17-12-18-44(35(47)49-37(6,7)8)33(39)42-34(46)48-36(3,4)5/h9-11,13-16,22,24,27,29-31H,12,17-21,23H2,1-8H3,(H,40,45)(H2,39,42,46). The third-order valence-corrected chi connectivity index (χ3v) is 9.66. The van der Waals surface area contributed by atoms with Gasteiger partial charge in [-0.3, -0.25) is 14.7 Å². The van der Waals surface area contributed by atoms with Gasteiger partial charge >= 0.3 is 12.2 Å². The number of hydrogen-bond donors (Lipinski definition) is 2. The van der Waals surface area contributed by atoms with E-state index in [1.807, 2.05) is 24.4 Å². The zero-order valence-electron chi connectivity index (χ0n) is 30.4. The number of benzene rings is 2. The highest BCUT2D eigenvalue weighted by Gasteiger charge is 2.63. The SMILES string of the molecule is CC(C)CC1C2C3C=NC1(C(=O)NCc1cccc4ccccc14)CC3CN2CCCN(C(=O)OC(C)(C)C)C(N)=NC(=O)OC(C)(C)C. The third kappa shape index (κ3) is 8.25. The van der Waals surface area contributed by atoms with Gasteiger partial charge in [-0.15, -0.1) is 4.99 Å². The van der Waals surface area contributed by atoms with E-state index in [0.717, 1.165) is 35.7 Å². The van der Waals surface area contributed by atoms with Gasteiger partial charge in [-0.1, -0.05) is 56.3 Å². The van der Waals surface area contributed by atoms with E-state index in [1.54, 1.807) is 41.5 Å². The van der Waals surface area contributed by atoms with Crippen LogP contribution in [0.15, 0.2) is 52.4 Å². The number of carbonyl (C=O) groups is 3. The lowest BCUT2D eigenvalue weighted by atomic mass is 9.59. The van der Waals surface area contributed by atoms with Crippen molar-refractivity contribution in [1.29, 1.82) is 0 Å². The molecule has 3 amide bonds.